The second kappa shape index (κ2) is 4.31. The van der Waals surface area contributed by atoms with Crippen LogP contribution in [-0.4, -0.2) is 21.3 Å². The summed E-state index contributed by atoms with van der Waals surface area (Å²) in [4.78, 5) is 0. The van der Waals surface area contributed by atoms with Crippen LogP contribution in [0.2, 0.25) is 0 Å². The highest BCUT2D eigenvalue weighted by Crippen LogP contribution is 2.32. The Kier molecular flexibility index (Phi) is 3.05. The van der Waals surface area contributed by atoms with E-state index in [0.717, 1.165) is 31.8 Å². The van der Waals surface area contributed by atoms with Gasteiger partial charge in [0.1, 0.15) is 6.33 Å². The summed E-state index contributed by atoms with van der Waals surface area (Å²) in [5.74, 6) is 1.13. The molecule has 1 aliphatic heterocycles. The summed E-state index contributed by atoms with van der Waals surface area (Å²) in [7, 11) is 0. The van der Waals surface area contributed by atoms with Crippen molar-refractivity contribution in [1.29, 1.82) is 0 Å². The predicted octanol–water partition coefficient (Wildman–Crippen LogP) is 1.68. The molecular weight excluding hydrogens is 188 g/mol. The lowest BCUT2D eigenvalue weighted by Gasteiger charge is -2.27. The van der Waals surface area contributed by atoms with E-state index in [1.807, 2.05) is 6.33 Å². The zero-order valence-electron chi connectivity index (χ0n) is 9.66. The van der Waals surface area contributed by atoms with Crippen molar-refractivity contribution in [3.05, 3.63) is 12.2 Å². The second-order valence-electron chi connectivity index (χ2n) is 4.31. The fraction of sp³-hybridized carbons (Fsp3) is 0.818. The van der Waals surface area contributed by atoms with E-state index in [9.17, 15) is 0 Å². The molecule has 1 unspecified atom stereocenters. The zero-order chi connectivity index (χ0) is 10.7. The van der Waals surface area contributed by atoms with Crippen LogP contribution in [-0.2, 0) is 12.1 Å². The lowest BCUT2D eigenvalue weighted by Crippen LogP contribution is -2.38. The van der Waals surface area contributed by atoms with E-state index in [1.165, 1.54) is 12.8 Å². The van der Waals surface area contributed by atoms with Crippen LogP contribution in [0.15, 0.2) is 6.33 Å². The van der Waals surface area contributed by atoms with Crippen molar-refractivity contribution < 1.29 is 0 Å². The first-order valence-electron chi connectivity index (χ1n) is 5.95. The Hall–Kier alpha value is -0.900. The summed E-state index contributed by atoms with van der Waals surface area (Å²) in [5.41, 5.74) is 0.0890. The summed E-state index contributed by atoms with van der Waals surface area (Å²) < 4.78 is 2.20. The van der Waals surface area contributed by atoms with E-state index >= 15 is 0 Å². The molecule has 1 aromatic rings. The van der Waals surface area contributed by atoms with Crippen LogP contribution in [0.4, 0.5) is 0 Å². The number of hydrogen-bond donors (Lipinski definition) is 1. The van der Waals surface area contributed by atoms with Crippen molar-refractivity contribution in [2.24, 2.45) is 0 Å². The molecule has 2 rings (SSSR count). The largest absolute Gasteiger partial charge is 0.316 e. The monoisotopic (exact) mass is 208 g/mol. The summed E-state index contributed by atoms with van der Waals surface area (Å²) in [6.45, 7) is 6.53. The maximum Gasteiger partial charge on any atom is 0.153 e. The number of hydrogen-bond acceptors (Lipinski definition) is 3. The van der Waals surface area contributed by atoms with Gasteiger partial charge >= 0.3 is 0 Å². The van der Waals surface area contributed by atoms with Gasteiger partial charge in [-0.05, 0) is 32.2 Å². The van der Waals surface area contributed by atoms with Crippen molar-refractivity contribution in [2.45, 2.75) is 51.6 Å². The number of rotatable bonds is 4. The van der Waals surface area contributed by atoms with Crippen LogP contribution in [0.3, 0.4) is 0 Å². The molecule has 0 aromatic carbocycles. The third-order valence-corrected chi connectivity index (χ3v) is 3.36. The maximum atomic E-state index is 4.31. The number of aromatic nitrogens is 3. The highest BCUT2D eigenvalue weighted by molar-refractivity contribution is 5.09. The molecule has 1 aromatic heterocycles. The van der Waals surface area contributed by atoms with E-state index in [4.69, 9.17) is 0 Å². The van der Waals surface area contributed by atoms with Crippen molar-refractivity contribution in [1.82, 2.24) is 20.1 Å². The summed E-state index contributed by atoms with van der Waals surface area (Å²) >= 11 is 0. The Morgan fingerprint density at radius 2 is 2.40 bits per heavy atom. The molecule has 0 radical (unpaired) electrons. The molecule has 1 saturated heterocycles. The smallest absolute Gasteiger partial charge is 0.153 e. The minimum Gasteiger partial charge on any atom is -0.316 e. The fourth-order valence-corrected chi connectivity index (χ4v) is 2.49. The summed E-state index contributed by atoms with van der Waals surface area (Å²) in [6, 6.07) is 0. The Balaban J connectivity index is 2.29. The molecule has 1 aliphatic rings. The average Bonchev–Trinajstić information content (AvgIpc) is 2.86. The van der Waals surface area contributed by atoms with Crippen LogP contribution in [0, 0.1) is 0 Å². The summed E-state index contributed by atoms with van der Waals surface area (Å²) in [5, 5.41) is 12.0. The van der Waals surface area contributed by atoms with Gasteiger partial charge in [-0.3, -0.25) is 0 Å². The minimum absolute atomic E-state index is 0.0890. The average molecular weight is 208 g/mol. The van der Waals surface area contributed by atoms with E-state index in [0.29, 0.717) is 0 Å². The van der Waals surface area contributed by atoms with Crippen LogP contribution in [0.5, 0.6) is 0 Å². The Morgan fingerprint density at radius 1 is 1.53 bits per heavy atom. The highest BCUT2D eigenvalue weighted by Gasteiger charge is 2.37. The lowest BCUT2D eigenvalue weighted by atomic mass is 9.93. The third kappa shape index (κ3) is 1.78. The molecule has 84 valence electrons. The van der Waals surface area contributed by atoms with Gasteiger partial charge in [-0.1, -0.05) is 13.8 Å². The molecule has 15 heavy (non-hydrogen) atoms. The van der Waals surface area contributed by atoms with Gasteiger partial charge < -0.3 is 9.88 Å². The number of nitrogens with zero attached hydrogens (tertiary/aromatic N) is 3. The molecule has 4 nitrogen and oxygen atoms in total. The SMILES string of the molecule is CCCn1cnnc1C1(CC)CCCN1. The zero-order valence-corrected chi connectivity index (χ0v) is 9.66. The van der Waals surface area contributed by atoms with E-state index in [1.54, 1.807) is 0 Å². The Bertz CT molecular complexity index is 312. The molecule has 0 bridgehead atoms. The van der Waals surface area contributed by atoms with Gasteiger partial charge in [-0.25, -0.2) is 0 Å². The van der Waals surface area contributed by atoms with Gasteiger partial charge in [-0.15, -0.1) is 10.2 Å². The van der Waals surface area contributed by atoms with E-state index in [2.05, 4.69) is 33.9 Å². The standard InChI is InChI=1S/C11H20N4/c1-3-8-15-9-13-14-10(15)11(4-2)6-5-7-12-11/h9,12H,3-8H2,1-2H3. The van der Waals surface area contributed by atoms with Crippen molar-refractivity contribution in [2.75, 3.05) is 6.54 Å². The molecule has 1 N–H and O–H groups in total. The van der Waals surface area contributed by atoms with E-state index in [-0.39, 0.29) is 5.54 Å². The quantitative estimate of drug-likeness (QED) is 0.818. The van der Waals surface area contributed by atoms with Crippen molar-refractivity contribution in [3.63, 3.8) is 0 Å². The molecule has 0 amide bonds. The summed E-state index contributed by atoms with van der Waals surface area (Å²) in [6.07, 6.45) is 6.51. The minimum atomic E-state index is 0.0890. The first-order valence-corrected chi connectivity index (χ1v) is 5.95. The van der Waals surface area contributed by atoms with Crippen LogP contribution in [0.25, 0.3) is 0 Å². The maximum absolute atomic E-state index is 4.31. The highest BCUT2D eigenvalue weighted by atomic mass is 15.3. The number of nitrogens with one attached hydrogen (secondary N) is 1. The van der Waals surface area contributed by atoms with Gasteiger partial charge in [0.2, 0.25) is 0 Å². The second-order valence-corrected chi connectivity index (χ2v) is 4.31. The lowest BCUT2D eigenvalue weighted by molar-refractivity contribution is 0.335. The van der Waals surface area contributed by atoms with Crippen LogP contribution >= 0.6 is 0 Å². The first kappa shape index (κ1) is 10.6. The Labute approximate surface area is 91.1 Å². The predicted molar refractivity (Wildman–Crippen MR) is 59.5 cm³/mol. The van der Waals surface area contributed by atoms with Crippen molar-refractivity contribution in [3.8, 4) is 0 Å². The topological polar surface area (TPSA) is 42.7 Å². The Morgan fingerprint density at radius 3 is 3.00 bits per heavy atom. The molecule has 0 aliphatic carbocycles. The molecule has 1 atom stereocenters. The molecular formula is C11H20N4. The molecule has 1 fully saturated rings. The number of aryl methyl sites for hydroxylation is 1. The van der Waals surface area contributed by atoms with Gasteiger partial charge in [0.15, 0.2) is 5.82 Å². The van der Waals surface area contributed by atoms with E-state index < -0.39 is 0 Å². The molecule has 0 spiro atoms. The van der Waals surface area contributed by atoms with Crippen LogP contribution < -0.4 is 5.32 Å². The van der Waals surface area contributed by atoms with Gasteiger partial charge in [0.25, 0.3) is 0 Å². The third-order valence-electron chi connectivity index (χ3n) is 3.36. The van der Waals surface area contributed by atoms with Gasteiger partial charge in [-0.2, -0.15) is 0 Å². The molecule has 2 heterocycles. The first-order chi connectivity index (χ1) is 7.32. The molecule has 4 heteroatoms. The normalized spacial score (nSPS) is 26.0. The molecule has 0 saturated carbocycles. The fourth-order valence-electron chi connectivity index (χ4n) is 2.49. The van der Waals surface area contributed by atoms with Gasteiger partial charge in [0.05, 0.1) is 5.54 Å². The van der Waals surface area contributed by atoms with Gasteiger partial charge in [0, 0.05) is 6.54 Å². The van der Waals surface area contributed by atoms with Crippen molar-refractivity contribution >= 4 is 0 Å². The van der Waals surface area contributed by atoms with Crippen LogP contribution in [0.1, 0.15) is 45.4 Å².